The molecular weight excluding hydrogens is 442 g/mol. The zero-order valence-electron chi connectivity index (χ0n) is 18.7. The largest absolute Gasteiger partial charge is 0.492 e. The zero-order chi connectivity index (χ0) is 23.1. The summed E-state index contributed by atoms with van der Waals surface area (Å²) in [5.41, 5.74) is 1.68. The van der Waals surface area contributed by atoms with Crippen molar-refractivity contribution in [3.63, 3.8) is 0 Å². The van der Waals surface area contributed by atoms with E-state index in [9.17, 15) is 13.2 Å². The molecule has 8 nitrogen and oxygen atoms in total. The van der Waals surface area contributed by atoms with Crippen LogP contribution in [0.2, 0.25) is 0 Å². The van der Waals surface area contributed by atoms with Crippen LogP contribution in [-0.2, 0) is 14.8 Å². The van der Waals surface area contributed by atoms with Gasteiger partial charge >= 0.3 is 0 Å². The summed E-state index contributed by atoms with van der Waals surface area (Å²) < 4.78 is 38.0. The Balaban J connectivity index is 1.22. The molecule has 1 amide bonds. The molecule has 33 heavy (non-hydrogen) atoms. The molecule has 0 radical (unpaired) electrons. The first-order chi connectivity index (χ1) is 16.0. The molecule has 9 heteroatoms. The van der Waals surface area contributed by atoms with Crippen molar-refractivity contribution in [1.29, 1.82) is 0 Å². The lowest BCUT2D eigenvalue weighted by Crippen LogP contribution is -2.36. The van der Waals surface area contributed by atoms with Gasteiger partial charge in [-0.1, -0.05) is 6.42 Å². The third-order valence-electron chi connectivity index (χ3n) is 5.94. The second-order valence-electron chi connectivity index (χ2n) is 8.19. The van der Waals surface area contributed by atoms with Gasteiger partial charge < -0.3 is 19.7 Å². The molecule has 2 saturated heterocycles. The van der Waals surface area contributed by atoms with Crippen LogP contribution in [-0.4, -0.2) is 71.2 Å². The summed E-state index contributed by atoms with van der Waals surface area (Å²) in [5, 5.41) is 2.85. The van der Waals surface area contributed by atoms with Gasteiger partial charge in [0.25, 0.3) is 5.91 Å². The summed E-state index contributed by atoms with van der Waals surface area (Å²) >= 11 is 0. The van der Waals surface area contributed by atoms with Crippen LogP contribution in [0.4, 0.5) is 5.69 Å². The molecule has 178 valence electrons. The van der Waals surface area contributed by atoms with E-state index in [1.54, 1.807) is 28.6 Å². The van der Waals surface area contributed by atoms with Gasteiger partial charge in [-0.3, -0.25) is 4.79 Å². The third kappa shape index (κ3) is 6.04. The smallest absolute Gasteiger partial charge is 0.251 e. The number of carbonyl (C=O) groups excluding carboxylic acids is 1. The lowest BCUT2D eigenvalue weighted by Gasteiger charge is -2.28. The molecule has 1 N–H and O–H groups in total. The number of hydrogen-bond acceptors (Lipinski definition) is 6. The second kappa shape index (κ2) is 11.0. The zero-order valence-corrected chi connectivity index (χ0v) is 19.6. The Bertz CT molecular complexity index is 1010. The van der Waals surface area contributed by atoms with Crippen LogP contribution in [0.5, 0.6) is 5.75 Å². The second-order valence-corrected chi connectivity index (χ2v) is 10.1. The van der Waals surface area contributed by atoms with E-state index in [0.717, 1.165) is 51.3 Å². The number of sulfonamides is 1. The highest BCUT2D eigenvalue weighted by atomic mass is 32.2. The number of nitrogens with zero attached hydrogens (tertiary/aromatic N) is 2. The quantitative estimate of drug-likeness (QED) is 0.593. The molecule has 0 bridgehead atoms. The minimum Gasteiger partial charge on any atom is -0.492 e. The number of amides is 1. The normalized spacial score (nSPS) is 17.5. The topological polar surface area (TPSA) is 88.2 Å². The predicted molar refractivity (Wildman–Crippen MR) is 126 cm³/mol. The van der Waals surface area contributed by atoms with E-state index < -0.39 is 10.0 Å². The van der Waals surface area contributed by atoms with Crippen molar-refractivity contribution in [2.75, 3.05) is 57.4 Å². The molecule has 2 aromatic rings. The molecule has 2 aliphatic heterocycles. The average molecular weight is 474 g/mol. The Kier molecular flexibility index (Phi) is 7.85. The van der Waals surface area contributed by atoms with Gasteiger partial charge in [0, 0.05) is 37.4 Å². The average Bonchev–Trinajstić information content (AvgIpc) is 2.88. The van der Waals surface area contributed by atoms with E-state index in [2.05, 4.69) is 10.2 Å². The number of morpholine rings is 1. The van der Waals surface area contributed by atoms with Gasteiger partial charge in [-0.05, 0) is 61.4 Å². The Hall–Kier alpha value is -2.62. The minimum atomic E-state index is -3.44. The van der Waals surface area contributed by atoms with Gasteiger partial charge in [0.05, 0.1) is 24.7 Å². The Morgan fingerprint density at radius 2 is 1.58 bits per heavy atom. The van der Waals surface area contributed by atoms with E-state index in [0.29, 0.717) is 30.9 Å². The number of piperidine rings is 1. The maximum absolute atomic E-state index is 12.7. The van der Waals surface area contributed by atoms with Gasteiger partial charge in [-0.25, -0.2) is 8.42 Å². The fraction of sp³-hybridized carbons (Fsp3) is 0.458. The summed E-state index contributed by atoms with van der Waals surface area (Å²) in [6.45, 7) is 4.95. The molecule has 0 aromatic heterocycles. The standard InChI is InChI=1S/C24H31N3O5S/c28-24(20-4-6-21(7-5-20)26-15-18-31-19-16-26)25-12-17-32-22-8-10-23(11-9-22)33(29,30)27-13-2-1-3-14-27/h4-11H,1-3,12-19H2,(H,25,28). The van der Waals surface area contributed by atoms with Crippen molar-refractivity contribution >= 4 is 21.6 Å². The van der Waals surface area contributed by atoms with Crippen LogP contribution in [0.3, 0.4) is 0 Å². The van der Waals surface area contributed by atoms with Crippen molar-refractivity contribution in [3.8, 4) is 5.75 Å². The molecule has 2 heterocycles. The molecule has 2 aromatic carbocycles. The van der Waals surface area contributed by atoms with E-state index in [-0.39, 0.29) is 17.4 Å². The number of anilines is 1. The first-order valence-corrected chi connectivity index (χ1v) is 12.9. The summed E-state index contributed by atoms with van der Waals surface area (Å²) in [7, 11) is -3.44. The van der Waals surface area contributed by atoms with Crippen molar-refractivity contribution < 1.29 is 22.7 Å². The molecule has 4 rings (SSSR count). The van der Waals surface area contributed by atoms with Gasteiger partial charge in [0.15, 0.2) is 0 Å². The van der Waals surface area contributed by atoms with Gasteiger partial charge in [-0.15, -0.1) is 0 Å². The molecule has 2 fully saturated rings. The number of carbonyl (C=O) groups is 1. The van der Waals surface area contributed by atoms with Crippen molar-refractivity contribution in [1.82, 2.24) is 9.62 Å². The third-order valence-corrected chi connectivity index (χ3v) is 7.85. The highest BCUT2D eigenvalue weighted by Gasteiger charge is 2.25. The Morgan fingerprint density at radius 3 is 2.24 bits per heavy atom. The molecule has 0 aliphatic carbocycles. The highest BCUT2D eigenvalue weighted by molar-refractivity contribution is 7.89. The van der Waals surface area contributed by atoms with Crippen LogP contribution in [0.1, 0.15) is 29.6 Å². The van der Waals surface area contributed by atoms with Crippen molar-refractivity contribution in [2.24, 2.45) is 0 Å². The van der Waals surface area contributed by atoms with E-state index in [4.69, 9.17) is 9.47 Å². The van der Waals surface area contributed by atoms with E-state index in [1.165, 1.54) is 0 Å². The summed E-state index contributed by atoms with van der Waals surface area (Å²) in [6.07, 6.45) is 2.89. The number of nitrogens with one attached hydrogen (secondary N) is 1. The van der Waals surface area contributed by atoms with Gasteiger partial charge in [0.2, 0.25) is 10.0 Å². The number of rotatable bonds is 8. The monoisotopic (exact) mass is 473 g/mol. The van der Waals surface area contributed by atoms with E-state index in [1.807, 2.05) is 24.3 Å². The molecular formula is C24H31N3O5S. The van der Waals surface area contributed by atoms with Crippen LogP contribution in [0, 0.1) is 0 Å². The molecule has 0 atom stereocenters. The van der Waals surface area contributed by atoms with Crippen molar-refractivity contribution in [3.05, 3.63) is 54.1 Å². The van der Waals surface area contributed by atoms with Crippen LogP contribution < -0.4 is 15.0 Å². The molecule has 0 saturated carbocycles. The summed E-state index contributed by atoms with van der Waals surface area (Å²) in [4.78, 5) is 14.9. The van der Waals surface area contributed by atoms with E-state index >= 15 is 0 Å². The number of benzene rings is 2. The first kappa shape index (κ1) is 23.5. The fourth-order valence-electron chi connectivity index (χ4n) is 4.04. The minimum absolute atomic E-state index is 0.157. The maximum atomic E-state index is 12.7. The van der Waals surface area contributed by atoms with Crippen LogP contribution in [0.15, 0.2) is 53.4 Å². The lowest BCUT2D eigenvalue weighted by atomic mass is 10.1. The summed E-state index contributed by atoms with van der Waals surface area (Å²) in [5.74, 6) is 0.409. The number of hydrogen-bond donors (Lipinski definition) is 1. The summed E-state index contributed by atoms with van der Waals surface area (Å²) in [6, 6.07) is 14.0. The van der Waals surface area contributed by atoms with Crippen LogP contribution in [0.25, 0.3) is 0 Å². The number of ether oxygens (including phenoxy) is 2. The Labute approximate surface area is 195 Å². The fourth-order valence-corrected chi connectivity index (χ4v) is 5.56. The highest BCUT2D eigenvalue weighted by Crippen LogP contribution is 2.22. The van der Waals surface area contributed by atoms with Gasteiger partial charge in [-0.2, -0.15) is 4.31 Å². The van der Waals surface area contributed by atoms with Crippen LogP contribution >= 0.6 is 0 Å². The van der Waals surface area contributed by atoms with Crippen molar-refractivity contribution in [2.45, 2.75) is 24.2 Å². The molecule has 0 unspecified atom stereocenters. The molecule has 0 spiro atoms. The molecule has 2 aliphatic rings. The maximum Gasteiger partial charge on any atom is 0.251 e. The predicted octanol–water partition coefficient (Wildman–Crippen LogP) is 2.51. The van der Waals surface area contributed by atoms with Gasteiger partial charge in [0.1, 0.15) is 12.4 Å². The SMILES string of the molecule is O=C(NCCOc1ccc(S(=O)(=O)N2CCCCC2)cc1)c1ccc(N2CCOCC2)cc1. The first-order valence-electron chi connectivity index (χ1n) is 11.5. The lowest BCUT2D eigenvalue weighted by molar-refractivity contribution is 0.0947. The Morgan fingerprint density at radius 1 is 0.909 bits per heavy atom.